The topological polar surface area (TPSA) is 97.7 Å². The number of Topliss-reactive ketones (excluding diaryl/α,β-unsaturated/α-hetero) is 1. The van der Waals surface area contributed by atoms with Crippen molar-refractivity contribution in [2.75, 3.05) is 0 Å². The summed E-state index contributed by atoms with van der Waals surface area (Å²) in [5.41, 5.74) is -0.113. The van der Waals surface area contributed by atoms with E-state index in [9.17, 15) is 24.3 Å². The number of carbonyl (C=O) groups excluding carboxylic acids is 4. The molecule has 0 aromatic rings. The Morgan fingerprint density at radius 1 is 0.820 bits per heavy atom. The smallest absolute Gasteiger partial charge is 0.303 e. The first-order chi connectivity index (χ1) is 23.5. The summed E-state index contributed by atoms with van der Waals surface area (Å²) in [5, 5.41) is 11.6. The van der Waals surface area contributed by atoms with Gasteiger partial charge in [0, 0.05) is 35.6 Å². The third-order valence-electron chi connectivity index (χ3n) is 16.3. The minimum absolute atomic E-state index is 0.0490. The van der Waals surface area contributed by atoms with Crippen LogP contribution in [0.15, 0.2) is 34.4 Å². The maximum Gasteiger partial charge on any atom is 0.303 e. The Labute approximate surface area is 303 Å². The zero-order chi connectivity index (χ0) is 36.0. The number of terminal acetylenes is 1. The van der Waals surface area contributed by atoms with Crippen LogP contribution in [0.25, 0.3) is 0 Å². The van der Waals surface area contributed by atoms with Gasteiger partial charge < -0.3 is 9.84 Å². The van der Waals surface area contributed by atoms with E-state index in [1.807, 2.05) is 6.08 Å². The monoisotopic (exact) mass is 702 g/mol. The Morgan fingerprint density at radius 2 is 1.50 bits per heavy atom. The number of rotatable bonds is 2. The van der Waals surface area contributed by atoms with Crippen molar-refractivity contribution in [1.29, 1.82) is 0 Å². The molecule has 0 bridgehead atoms. The van der Waals surface area contributed by atoms with Gasteiger partial charge in [-0.15, -0.1) is 6.42 Å². The summed E-state index contributed by atoms with van der Waals surface area (Å²) in [6.07, 6.45) is 24.2. The Kier molecular flexibility index (Phi) is 8.83. The van der Waals surface area contributed by atoms with Gasteiger partial charge in [0.05, 0.1) is 0 Å². The number of carbonyl (C=O) groups is 4. The van der Waals surface area contributed by atoms with Crippen molar-refractivity contribution in [3.05, 3.63) is 34.4 Å². The second-order valence-electron chi connectivity index (χ2n) is 18.0. The highest BCUT2D eigenvalue weighted by Crippen LogP contribution is 2.68. The van der Waals surface area contributed by atoms with Gasteiger partial charge in [-0.3, -0.25) is 19.2 Å². The van der Waals surface area contributed by atoms with Crippen LogP contribution in [0.1, 0.15) is 125 Å². The molecule has 0 radical (unpaired) electrons. The van der Waals surface area contributed by atoms with Gasteiger partial charge in [-0.05, 0) is 149 Å². The lowest BCUT2D eigenvalue weighted by atomic mass is 9.48. The van der Waals surface area contributed by atoms with E-state index in [0.717, 1.165) is 76.2 Å². The van der Waals surface area contributed by atoms with Crippen molar-refractivity contribution in [3.63, 3.8) is 0 Å². The van der Waals surface area contributed by atoms with Gasteiger partial charge >= 0.3 is 5.97 Å². The third-order valence-corrected chi connectivity index (χ3v) is 16.6. The fraction of sp³-hybridized carbons (Fsp3) is 0.721. The molecule has 1 unspecified atom stereocenters. The van der Waals surface area contributed by atoms with Crippen LogP contribution < -0.4 is 0 Å². The van der Waals surface area contributed by atoms with Crippen LogP contribution in [0.3, 0.4) is 0 Å². The standard InChI is InChI=1S/C23H29ClO4.C20H26O2/c1-13(25)23(28-14(2)26)10-7-18-16-12-20(24)19-11-15(27)5-8-21(19,3)17(16)6-9-22(18,23)4;1-3-20(22)11-9-18-17-6-4-13-12-14(21)5-7-15(13)16(17)8-10-19(18,20)2/h11-12,16-18H,5-10H2,1-4H3;1,12,15-18,22H,4-11H2,2H3/t16-,17+,18+,21-,22+,23?;15-,16+,17+,18-,19-,20+/m10/s1. The first-order valence-electron chi connectivity index (χ1n) is 19.3. The highest BCUT2D eigenvalue weighted by Gasteiger charge is 2.68. The van der Waals surface area contributed by atoms with Crippen LogP contribution in [-0.4, -0.2) is 39.6 Å². The average molecular weight is 703 g/mol. The summed E-state index contributed by atoms with van der Waals surface area (Å²) >= 11 is 6.71. The Balaban J connectivity index is 0.000000161. The SMILES string of the molecule is C#C[C@@]1(O)CC[C@H]2[C@@H]3CCC4=CC(=O)CC[C@@H]4[C@H]3CC[C@@]21C.CC(=O)OC1(C(C)=O)CC[C@H]2[C@@H]3C=C(Cl)C4=CC(=O)CC[C@]4(C)[C@H]3CC[C@@]21C. The molecule has 0 heterocycles. The molecule has 6 nitrogen and oxygen atoms in total. The van der Waals surface area contributed by atoms with Crippen molar-refractivity contribution < 1.29 is 29.0 Å². The molecule has 5 saturated carbocycles. The quantitative estimate of drug-likeness (QED) is 0.230. The molecular weight excluding hydrogens is 648 g/mol. The highest BCUT2D eigenvalue weighted by molar-refractivity contribution is 6.32. The van der Waals surface area contributed by atoms with E-state index in [2.05, 4.69) is 32.8 Å². The van der Waals surface area contributed by atoms with Crippen LogP contribution in [0.2, 0.25) is 0 Å². The van der Waals surface area contributed by atoms with Crippen LogP contribution in [0.4, 0.5) is 0 Å². The first kappa shape index (κ1) is 35.9. The molecule has 0 saturated heterocycles. The summed E-state index contributed by atoms with van der Waals surface area (Å²) < 4.78 is 5.79. The summed E-state index contributed by atoms with van der Waals surface area (Å²) in [6, 6.07) is 0. The summed E-state index contributed by atoms with van der Waals surface area (Å²) in [6.45, 7) is 9.56. The maximum atomic E-state index is 12.7. The van der Waals surface area contributed by atoms with Gasteiger partial charge in [0.1, 0.15) is 5.60 Å². The van der Waals surface area contributed by atoms with Gasteiger partial charge in [0.2, 0.25) is 0 Å². The second kappa shape index (κ2) is 12.3. The van der Waals surface area contributed by atoms with Crippen molar-refractivity contribution >= 4 is 34.9 Å². The molecular formula is C43H55ClO6. The number of fused-ring (bicyclic) bond motifs is 10. The molecule has 0 amide bonds. The summed E-state index contributed by atoms with van der Waals surface area (Å²) in [5.74, 6) is 6.24. The van der Waals surface area contributed by atoms with Crippen molar-refractivity contribution in [2.24, 2.45) is 57.7 Å². The van der Waals surface area contributed by atoms with Crippen LogP contribution in [0, 0.1) is 70.0 Å². The molecule has 8 rings (SSSR count). The normalized spacial score (nSPS) is 47.2. The second-order valence-corrected chi connectivity index (χ2v) is 18.4. The fourth-order valence-electron chi connectivity index (χ4n) is 13.6. The number of halogens is 1. The molecule has 0 aromatic heterocycles. The van der Waals surface area contributed by atoms with Crippen LogP contribution >= 0.6 is 11.6 Å². The van der Waals surface area contributed by atoms with E-state index < -0.39 is 11.2 Å². The number of ketones is 3. The van der Waals surface area contributed by atoms with Crippen LogP contribution in [-0.2, 0) is 23.9 Å². The largest absolute Gasteiger partial charge is 0.451 e. The number of hydrogen-bond acceptors (Lipinski definition) is 6. The number of aliphatic hydroxyl groups is 1. The number of allylic oxidation sites excluding steroid dienone is 5. The molecule has 8 aliphatic carbocycles. The van der Waals surface area contributed by atoms with E-state index in [0.29, 0.717) is 53.2 Å². The van der Waals surface area contributed by atoms with Crippen molar-refractivity contribution in [2.45, 2.75) is 136 Å². The van der Waals surface area contributed by atoms with Gasteiger partial charge in [0.25, 0.3) is 0 Å². The zero-order valence-corrected chi connectivity index (χ0v) is 31.4. The molecule has 0 aromatic carbocycles. The minimum atomic E-state index is -1.03. The molecule has 50 heavy (non-hydrogen) atoms. The van der Waals surface area contributed by atoms with E-state index in [1.165, 1.54) is 18.9 Å². The molecule has 5 fully saturated rings. The molecule has 0 spiro atoms. The molecule has 1 N–H and O–H groups in total. The highest BCUT2D eigenvalue weighted by atomic mass is 35.5. The Morgan fingerprint density at radius 3 is 2.20 bits per heavy atom. The molecule has 7 heteroatoms. The summed E-state index contributed by atoms with van der Waals surface area (Å²) in [4.78, 5) is 48.4. The lowest BCUT2D eigenvalue weighted by molar-refractivity contribution is -0.185. The predicted octanol–water partition coefficient (Wildman–Crippen LogP) is 8.24. The van der Waals surface area contributed by atoms with Gasteiger partial charge in [0.15, 0.2) is 23.0 Å². The maximum absolute atomic E-state index is 12.7. The lowest BCUT2D eigenvalue weighted by Crippen LogP contribution is -2.58. The molecule has 270 valence electrons. The minimum Gasteiger partial charge on any atom is -0.451 e. The van der Waals surface area contributed by atoms with E-state index in [1.54, 1.807) is 13.0 Å². The Hall–Kier alpha value is -2.49. The Bertz CT molecular complexity index is 1650. The predicted molar refractivity (Wildman–Crippen MR) is 192 cm³/mol. The van der Waals surface area contributed by atoms with E-state index >= 15 is 0 Å². The molecule has 8 aliphatic rings. The lowest BCUT2D eigenvalue weighted by Gasteiger charge is -2.57. The summed E-state index contributed by atoms with van der Waals surface area (Å²) in [7, 11) is 0. The van der Waals surface area contributed by atoms with Gasteiger partial charge in [-0.1, -0.05) is 49.9 Å². The van der Waals surface area contributed by atoms with Crippen molar-refractivity contribution in [3.8, 4) is 12.3 Å². The van der Waals surface area contributed by atoms with Gasteiger partial charge in [-0.25, -0.2) is 0 Å². The van der Waals surface area contributed by atoms with Crippen molar-refractivity contribution in [1.82, 2.24) is 0 Å². The number of ether oxygens (including phenoxy) is 1. The van der Waals surface area contributed by atoms with E-state index in [4.69, 9.17) is 22.8 Å². The number of esters is 1. The average Bonchev–Trinajstić information content (AvgIpc) is 3.52. The first-order valence-corrected chi connectivity index (χ1v) is 19.7. The number of hydrogen-bond donors (Lipinski definition) is 1. The fourth-order valence-corrected chi connectivity index (χ4v) is 14.0. The van der Waals surface area contributed by atoms with Gasteiger partial charge in [-0.2, -0.15) is 0 Å². The van der Waals surface area contributed by atoms with Crippen LogP contribution in [0.5, 0.6) is 0 Å². The zero-order valence-electron chi connectivity index (χ0n) is 30.6. The molecule has 12 atom stereocenters. The molecule has 0 aliphatic heterocycles. The van der Waals surface area contributed by atoms with E-state index in [-0.39, 0.29) is 45.6 Å². The third kappa shape index (κ3) is 5.06.